The van der Waals surface area contributed by atoms with Crippen molar-refractivity contribution in [3.05, 3.63) is 34.9 Å². The molecule has 0 radical (unpaired) electrons. The van der Waals surface area contributed by atoms with E-state index in [4.69, 9.17) is 0 Å². The van der Waals surface area contributed by atoms with Crippen LogP contribution >= 0.6 is 0 Å². The molecule has 1 fully saturated rings. The van der Waals surface area contributed by atoms with Crippen LogP contribution in [0.5, 0.6) is 0 Å². The fourth-order valence-corrected chi connectivity index (χ4v) is 5.63. The van der Waals surface area contributed by atoms with E-state index in [-0.39, 0.29) is 0 Å². The number of carboxylic acids is 1. The van der Waals surface area contributed by atoms with Crippen molar-refractivity contribution in [3.8, 4) is 0 Å². The number of hydrogen-bond acceptors (Lipinski definition) is 1. The minimum absolute atomic E-state index is 0.457. The highest BCUT2D eigenvalue weighted by molar-refractivity contribution is 5.88. The summed E-state index contributed by atoms with van der Waals surface area (Å²) < 4.78 is 0. The fourth-order valence-electron chi connectivity index (χ4n) is 5.63. The van der Waals surface area contributed by atoms with Gasteiger partial charge in [0.15, 0.2) is 0 Å². The lowest BCUT2D eigenvalue weighted by Crippen LogP contribution is -2.30. The summed E-state index contributed by atoms with van der Waals surface area (Å²) in [5.74, 6) is 2.41. The van der Waals surface area contributed by atoms with Crippen molar-refractivity contribution in [1.29, 1.82) is 0 Å². The Morgan fingerprint density at radius 3 is 2.40 bits per heavy atom. The van der Waals surface area contributed by atoms with Crippen LogP contribution in [0.3, 0.4) is 0 Å². The Labute approximate surface area is 153 Å². The van der Waals surface area contributed by atoms with Gasteiger partial charge in [-0.2, -0.15) is 0 Å². The summed E-state index contributed by atoms with van der Waals surface area (Å²) in [5, 5.41) is 9.32. The Hall–Kier alpha value is -1.31. The second-order valence-corrected chi connectivity index (χ2v) is 8.40. The first-order valence-corrected chi connectivity index (χ1v) is 10.5. The van der Waals surface area contributed by atoms with Gasteiger partial charge in [0.2, 0.25) is 0 Å². The van der Waals surface area contributed by atoms with Crippen LogP contribution in [0, 0.1) is 17.8 Å². The molecule has 0 amide bonds. The third kappa shape index (κ3) is 4.10. The first-order valence-electron chi connectivity index (χ1n) is 10.5. The van der Waals surface area contributed by atoms with Gasteiger partial charge in [0.05, 0.1) is 5.56 Å². The van der Waals surface area contributed by atoms with Gasteiger partial charge in [-0.15, -0.1) is 0 Å². The van der Waals surface area contributed by atoms with Gasteiger partial charge in [-0.1, -0.05) is 58.4 Å². The molecule has 0 aliphatic heterocycles. The number of aromatic carboxylic acids is 1. The van der Waals surface area contributed by atoms with Crippen LogP contribution in [-0.2, 0) is 6.42 Å². The molecule has 1 aromatic rings. The lowest BCUT2D eigenvalue weighted by Gasteiger charge is -2.42. The lowest BCUT2D eigenvalue weighted by molar-refractivity contribution is 0.0696. The molecule has 1 N–H and O–H groups in total. The lowest BCUT2D eigenvalue weighted by atomic mass is 9.63. The van der Waals surface area contributed by atoms with Crippen molar-refractivity contribution in [1.82, 2.24) is 0 Å². The second-order valence-electron chi connectivity index (χ2n) is 8.40. The van der Waals surface area contributed by atoms with E-state index < -0.39 is 5.97 Å². The van der Waals surface area contributed by atoms with Crippen molar-refractivity contribution in [2.24, 2.45) is 17.8 Å². The molecule has 2 unspecified atom stereocenters. The highest BCUT2D eigenvalue weighted by Gasteiger charge is 2.36. The zero-order valence-electron chi connectivity index (χ0n) is 16.0. The van der Waals surface area contributed by atoms with E-state index in [0.717, 1.165) is 24.2 Å². The van der Waals surface area contributed by atoms with E-state index in [0.29, 0.717) is 11.5 Å². The summed E-state index contributed by atoms with van der Waals surface area (Å²) in [7, 11) is 0. The molecule has 3 rings (SSSR count). The van der Waals surface area contributed by atoms with Crippen molar-refractivity contribution in [3.63, 3.8) is 0 Å². The Kier molecular flexibility index (Phi) is 6.19. The molecule has 0 saturated heterocycles. The maximum atomic E-state index is 11.3. The monoisotopic (exact) mass is 342 g/mol. The Balaban J connectivity index is 1.83. The Bertz CT molecular complexity index is 584. The Morgan fingerprint density at radius 2 is 1.76 bits per heavy atom. The van der Waals surface area contributed by atoms with Gasteiger partial charge in [0.25, 0.3) is 0 Å². The number of aryl methyl sites for hydroxylation is 1. The quantitative estimate of drug-likeness (QED) is 0.646. The predicted octanol–water partition coefficient (Wildman–Crippen LogP) is 6.44. The van der Waals surface area contributed by atoms with E-state index >= 15 is 0 Å². The number of benzene rings is 1. The van der Waals surface area contributed by atoms with Crippen molar-refractivity contribution >= 4 is 5.97 Å². The fraction of sp³-hybridized carbons (Fsp3) is 0.696. The van der Waals surface area contributed by atoms with Gasteiger partial charge in [-0.3, -0.25) is 0 Å². The van der Waals surface area contributed by atoms with E-state index in [1.165, 1.54) is 68.9 Å². The molecule has 1 saturated carbocycles. The van der Waals surface area contributed by atoms with Crippen LogP contribution < -0.4 is 0 Å². The predicted molar refractivity (Wildman–Crippen MR) is 103 cm³/mol. The summed E-state index contributed by atoms with van der Waals surface area (Å²) in [6.07, 6.45) is 13.1. The van der Waals surface area contributed by atoms with Gasteiger partial charge in [0.1, 0.15) is 0 Å². The molecule has 0 bridgehead atoms. The SMILES string of the molecule is CCCC1CCC(C2c3ccc(C(=O)O)cc3CCC2CCC)CC1. The number of rotatable bonds is 6. The zero-order valence-corrected chi connectivity index (χ0v) is 16.0. The average Bonchev–Trinajstić information content (AvgIpc) is 2.62. The van der Waals surface area contributed by atoms with E-state index in [1.54, 1.807) is 0 Å². The first kappa shape index (κ1) is 18.5. The third-order valence-electron chi connectivity index (χ3n) is 6.80. The van der Waals surface area contributed by atoms with E-state index in [1.807, 2.05) is 12.1 Å². The number of carbonyl (C=O) groups is 1. The molecule has 0 aromatic heterocycles. The largest absolute Gasteiger partial charge is 0.478 e. The van der Waals surface area contributed by atoms with Crippen molar-refractivity contribution in [2.45, 2.75) is 84.0 Å². The van der Waals surface area contributed by atoms with Crippen molar-refractivity contribution < 1.29 is 9.90 Å². The van der Waals surface area contributed by atoms with E-state index in [9.17, 15) is 9.90 Å². The molecule has 0 spiro atoms. The van der Waals surface area contributed by atoms with Crippen LogP contribution in [0.4, 0.5) is 0 Å². The standard InChI is InChI=1S/C23H34O2/c1-3-5-16-7-9-18(10-8-16)22-17(6-4-2)11-12-19-15-20(23(24)25)13-14-21(19)22/h13-18,22H,3-12H2,1-2H3,(H,24,25). The van der Waals surface area contributed by atoms with Crippen LogP contribution in [0.2, 0.25) is 0 Å². The minimum atomic E-state index is -0.796. The minimum Gasteiger partial charge on any atom is -0.478 e. The molecule has 0 heterocycles. The number of hydrogen-bond donors (Lipinski definition) is 1. The van der Waals surface area contributed by atoms with Gasteiger partial charge in [0, 0.05) is 0 Å². The summed E-state index contributed by atoms with van der Waals surface area (Å²) in [6, 6.07) is 5.95. The molecular formula is C23H34O2. The van der Waals surface area contributed by atoms with Gasteiger partial charge >= 0.3 is 5.97 Å². The van der Waals surface area contributed by atoms with Crippen LogP contribution in [0.25, 0.3) is 0 Å². The number of carboxylic acid groups (broad SMARTS) is 1. The first-order chi connectivity index (χ1) is 12.1. The molecule has 2 atom stereocenters. The summed E-state index contributed by atoms with van der Waals surface area (Å²) >= 11 is 0. The molecule has 2 heteroatoms. The van der Waals surface area contributed by atoms with Crippen LogP contribution in [-0.4, -0.2) is 11.1 Å². The van der Waals surface area contributed by atoms with Crippen LogP contribution in [0.1, 0.15) is 99.0 Å². The molecule has 25 heavy (non-hydrogen) atoms. The maximum absolute atomic E-state index is 11.3. The Morgan fingerprint density at radius 1 is 1.04 bits per heavy atom. The highest BCUT2D eigenvalue weighted by Crippen LogP contribution is 2.49. The molecule has 138 valence electrons. The second kappa shape index (κ2) is 8.38. The summed E-state index contributed by atoms with van der Waals surface area (Å²) in [6.45, 7) is 4.61. The molecular weight excluding hydrogens is 308 g/mol. The molecule has 2 aliphatic carbocycles. The summed E-state index contributed by atoms with van der Waals surface area (Å²) in [4.78, 5) is 11.3. The average molecular weight is 343 g/mol. The van der Waals surface area contributed by atoms with E-state index in [2.05, 4.69) is 19.9 Å². The smallest absolute Gasteiger partial charge is 0.335 e. The third-order valence-corrected chi connectivity index (χ3v) is 6.80. The maximum Gasteiger partial charge on any atom is 0.335 e. The van der Waals surface area contributed by atoms with Crippen molar-refractivity contribution in [2.75, 3.05) is 0 Å². The molecule has 2 nitrogen and oxygen atoms in total. The van der Waals surface area contributed by atoms with Gasteiger partial charge in [-0.25, -0.2) is 4.79 Å². The number of fused-ring (bicyclic) bond motifs is 1. The highest BCUT2D eigenvalue weighted by atomic mass is 16.4. The topological polar surface area (TPSA) is 37.3 Å². The normalized spacial score (nSPS) is 29.2. The molecule has 2 aliphatic rings. The zero-order chi connectivity index (χ0) is 17.8. The van der Waals surface area contributed by atoms with Crippen LogP contribution in [0.15, 0.2) is 18.2 Å². The molecule has 1 aromatic carbocycles. The summed E-state index contributed by atoms with van der Waals surface area (Å²) in [5.41, 5.74) is 3.25. The van der Waals surface area contributed by atoms with Gasteiger partial charge < -0.3 is 5.11 Å². The van der Waals surface area contributed by atoms with Gasteiger partial charge in [-0.05, 0) is 72.6 Å².